The number of nitrogens with zero attached hydrogens (tertiary/aromatic N) is 4. The van der Waals surface area contributed by atoms with Crippen LogP contribution in [0.1, 0.15) is 61.6 Å². The van der Waals surface area contributed by atoms with Gasteiger partial charge in [0.05, 0.1) is 16.6 Å². The molecule has 1 saturated carbocycles. The molecular formula is C33H30F3N5O2S. The lowest BCUT2D eigenvalue weighted by Gasteiger charge is -2.20. The molecule has 1 fully saturated rings. The third-order valence-electron chi connectivity index (χ3n) is 7.73. The van der Waals surface area contributed by atoms with Gasteiger partial charge in [-0.15, -0.1) is 18.3 Å². The van der Waals surface area contributed by atoms with Crippen LogP contribution in [-0.4, -0.2) is 38.2 Å². The van der Waals surface area contributed by atoms with Crippen molar-refractivity contribution in [3.63, 3.8) is 0 Å². The minimum Gasteiger partial charge on any atom is -0.406 e. The maximum Gasteiger partial charge on any atom is 0.573 e. The predicted octanol–water partition coefficient (Wildman–Crippen LogP) is 8.35. The first-order valence-electron chi connectivity index (χ1n) is 14.2. The van der Waals surface area contributed by atoms with Gasteiger partial charge in [-0.25, -0.2) is 14.5 Å². The number of amides is 2. The number of halogens is 3. The molecular weight excluding hydrogens is 587 g/mol. The number of hydrogen-bond acceptors (Lipinski definition) is 5. The van der Waals surface area contributed by atoms with Crippen molar-refractivity contribution in [3.8, 4) is 22.8 Å². The highest BCUT2D eigenvalue weighted by Crippen LogP contribution is 2.43. The Morgan fingerprint density at radius 3 is 2.50 bits per heavy atom. The number of carbonyl (C=O) groups is 1. The van der Waals surface area contributed by atoms with Crippen LogP contribution in [0.4, 0.5) is 18.0 Å². The van der Waals surface area contributed by atoms with Crippen molar-refractivity contribution in [2.24, 2.45) is 4.99 Å². The van der Waals surface area contributed by atoms with Gasteiger partial charge in [-0.05, 0) is 65.6 Å². The van der Waals surface area contributed by atoms with Crippen molar-refractivity contribution in [2.45, 2.75) is 57.3 Å². The van der Waals surface area contributed by atoms with Crippen LogP contribution >= 0.6 is 11.8 Å². The van der Waals surface area contributed by atoms with Gasteiger partial charge in [-0.2, -0.15) is 4.99 Å². The van der Waals surface area contributed by atoms with Crippen molar-refractivity contribution in [2.75, 3.05) is 0 Å². The fourth-order valence-corrected chi connectivity index (χ4v) is 6.49. The van der Waals surface area contributed by atoms with Gasteiger partial charge in [0.15, 0.2) is 5.82 Å². The van der Waals surface area contributed by atoms with Crippen LogP contribution in [0.5, 0.6) is 5.75 Å². The van der Waals surface area contributed by atoms with E-state index in [0.717, 1.165) is 22.6 Å². The Morgan fingerprint density at radius 2 is 1.80 bits per heavy atom. The number of aliphatic imine (C=N–C) groups is 1. The van der Waals surface area contributed by atoms with Gasteiger partial charge in [0.2, 0.25) is 0 Å². The second kappa shape index (κ2) is 12.0. The normalized spacial score (nSPS) is 20.6. The Bertz CT molecular complexity index is 1730. The van der Waals surface area contributed by atoms with Gasteiger partial charge in [-0.3, -0.25) is 0 Å². The highest BCUT2D eigenvalue weighted by molar-refractivity contribution is 8.17. The minimum atomic E-state index is -4.75. The molecule has 0 radical (unpaired) electrons. The monoisotopic (exact) mass is 617 g/mol. The number of urea groups is 1. The zero-order chi connectivity index (χ0) is 31.0. The van der Waals surface area contributed by atoms with Crippen molar-refractivity contribution in [1.82, 2.24) is 20.1 Å². The van der Waals surface area contributed by atoms with Gasteiger partial charge in [0.25, 0.3) is 0 Å². The van der Waals surface area contributed by atoms with Crippen molar-refractivity contribution in [1.29, 1.82) is 0 Å². The molecule has 1 N–H and O–H groups in total. The number of carbonyl (C=O) groups excluding carboxylic acids is 1. The Hall–Kier alpha value is -4.38. The molecule has 0 saturated heterocycles. The summed E-state index contributed by atoms with van der Waals surface area (Å²) in [4.78, 5) is 21.8. The summed E-state index contributed by atoms with van der Waals surface area (Å²) in [6.07, 6.45) is -2.41. The average molecular weight is 618 g/mol. The van der Waals surface area contributed by atoms with E-state index >= 15 is 0 Å². The molecule has 2 amide bonds. The molecule has 7 nitrogen and oxygen atoms in total. The minimum absolute atomic E-state index is 0.00764. The summed E-state index contributed by atoms with van der Waals surface area (Å²) in [5.41, 5.74) is 6.10. The third-order valence-corrected chi connectivity index (χ3v) is 8.79. The lowest BCUT2D eigenvalue weighted by molar-refractivity contribution is -0.274. The van der Waals surface area contributed by atoms with Crippen LogP contribution < -0.4 is 10.1 Å². The summed E-state index contributed by atoms with van der Waals surface area (Å²) in [5, 5.41) is 10.4. The zero-order valence-electron chi connectivity index (χ0n) is 24.2. The first kappa shape index (κ1) is 29.7. The van der Waals surface area contributed by atoms with E-state index in [0.29, 0.717) is 17.4 Å². The molecule has 3 unspecified atom stereocenters. The second-order valence-corrected chi connectivity index (χ2v) is 12.1. The highest BCUT2D eigenvalue weighted by Gasteiger charge is 2.40. The van der Waals surface area contributed by atoms with Crippen LogP contribution in [0.2, 0.25) is 0 Å². The van der Waals surface area contributed by atoms with E-state index in [1.165, 1.54) is 63.7 Å². The number of hydrogen-bond donors (Lipinski definition) is 1. The van der Waals surface area contributed by atoms with Crippen molar-refractivity contribution in [3.05, 3.63) is 107 Å². The first-order chi connectivity index (χ1) is 21.1. The molecule has 1 aliphatic heterocycles. The summed E-state index contributed by atoms with van der Waals surface area (Å²) >= 11 is 1.52. The predicted molar refractivity (Wildman–Crippen MR) is 165 cm³/mol. The van der Waals surface area contributed by atoms with E-state index in [4.69, 9.17) is 0 Å². The largest absolute Gasteiger partial charge is 0.573 e. The molecule has 11 heteroatoms. The molecule has 3 atom stereocenters. The van der Waals surface area contributed by atoms with Crippen LogP contribution in [0, 0.1) is 0 Å². The number of thioether (sulfide) groups is 1. The van der Waals surface area contributed by atoms with Gasteiger partial charge in [-0.1, -0.05) is 79.7 Å². The molecule has 1 aromatic heterocycles. The molecule has 0 spiro atoms. The summed E-state index contributed by atoms with van der Waals surface area (Å²) in [7, 11) is 0. The third kappa shape index (κ3) is 6.57. The Labute approximate surface area is 257 Å². The number of ether oxygens (including phenoxy) is 1. The van der Waals surface area contributed by atoms with E-state index in [-0.39, 0.29) is 29.7 Å². The molecule has 3 aromatic carbocycles. The van der Waals surface area contributed by atoms with E-state index in [2.05, 4.69) is 69.5 Å². The van der Waals surface area contributed by atoms with E-state index in [1.54, 1.807) is 0 Å². The van der Waals surface area contributed by atoms with Crippen LogP contribution in [0.3, 0.4) is 0 Å². The average Bonchev–Trinajstić information content (AvgIpc) is 3.39. The standard InChI is InChI=1S/C33H30F3N5O2S/c1-19(2)25-6-4-5-7-26(25)29-20(3)17-44-31(29)39-32(42)38-28-16-27(28)21-8-10-22(11-9-21)30-37-18-41(40-30)23-12-14-24(15-13-23)43-33(34,35)36/h4-15,17-19,27-29H,16H2,1-3H3,(H,38,42). The molecule has 2 heterocycles. The molecule has 44 heavy (non-hydrogen) atoms. The van der Waals surface area contributed by atoms with E-state index in [1.807, 2.05) is 30.3 Å². The zero-order valence-corrected chi connectivity index (χ0v) is 25.1. The van der Waals surface area contributed by atoms with Crippen LogP contribution in [0.15, 0.2) is 95.1 Å². The number of aromatic nitrogens is 3. The summed E-state index contributed by atoms with van der Waals surface area (Å²) in [5.74, 6) is 0.735. The number of allylic oxidation sites excluding steroid dienone is 1. The second-order valence-electron chi connectivity index (χ2n) is 11.2. The maximum atomic E-state index is 13.0. The molecule has 1 aliphatic carbocycles. The fourth-order valence-electron chi connectivity index (χ4n) is 5.47. The number of alkyl halides is 3. The number of rotatable bonds is 7. The first-order valence-corrected chi connectivity index (χ1v) is 15.1. The Morgan fingerprint density at radius 1 is 1.07 bits per heavy atom. The van der Waals surface area contributed by atoms with E-state index < -0.39 is 6.36 Å². The topological polar surface area (TPSA) is 81.4 Å². The number of nitrogens with one attached hydrogen (secondary N) is 1. The highest BCUT2D eigenvalue weighted by atomic mass is 32.2. The Balaban J connectivity index is 1.07. The van der Waals surface area contributed by atoms with Crippen LogP contribution in [0.25, 0.3) is 17.1 Å². The van der Waals surface area contributed by atoms with Crippen LogP contribution in [-0.2, 0) is 0 Å². The van der Waals surface area contributed by atoms with Gasteiger partial charge in [0, 0.05) is 17.5 Å². The van der Waals surface area contributed by atoms with Crippen molar-refractivity contribution < 1.29 is 22.7 Å². The number of benzene rings is 3. The smallest absolute Gasteiger partial charge is 0.406 e. The Kier molecular flexibility index (Phi) is 8.06. The van der Waals surface area contributed by atoms with Gasteiger partial charge < -0.3 is 10.1 Å². The summed E-state index contributed by atoms with van der Waals surface area (Å²) in [6, 6.07) is 21.3. The van der Waals surface area contributed by atoms with E-state index in [9.17, 15) is 18.0 Å². The molecule has 6 rings (SSSR count). The molecule has 0 bridgehead atoms. The molecule has 2 aliphatic rings. The summed E-state index contributed by atoms with van der Waals surface area (Å²) < 4.78 is 42.7. The quantitative estimate of drug-likeness (QED) is 0.225. The fraction of sp³-hybridized carbons (Fsp3) is 0.273. The SMILES string of the molecule is CC1=CSC(=NC(=O)NC2CC2c2ccc(-c3ncn(-c4ccc(OC(F)(F)F)cc4)n3)cc2)C1c1ccccc1C(C)C. The lowest BCUT2D eigenvalue weighted by Crippen LogP contribution is -2.25. The van der Waals surface area contributed by atoms with Crippen molar-refractivity contribution >= 4 is 22.8 Å². The van der Waals surface area contributed by atoms with Gasteiger partial charge >= 0.3 is 12.4 Å². The maximum absolute atomic E-state index is 13.0. The summed E-state index contributed by atoms with van der Waals surface area (Å²) in [6.45, 7) is 6.44. The lowest BCUT2D eigenvalue weighted by atomic mass is 9.86. The molecule has 226 valence electrons. The van der Waals surface area contributed by atoms with Gasteiger partial charge in [0.1, 0.15) is 12.1 Å². The molecule has 4 aromatic rings.